The molecule has 0 radical (unpaired) electrons. The minimum atomic E-state index is -2.95. The summed E-state index contributed by atoms with van der Waals surface area (Å²) < 4.78 is 41.7. The van der Waals surface area contributed by atoms with E-state index in [0.29, 0.717) is 30.3 Å². The molecule has 1 N–H and O–H groups in total. The molecule has 1 aromatic rings. The monoisotopic (exact) mass is 391 g/mol. The van der Waals surface area contributed by atoms with Gasteiger partial charge in [0.05, 0.1) is 18.1 Å². The van der Waals surface area contributed by atoms with Gasteiger partial charge in [-0.3, -0.25) is 4.90 Å². The molecule has 2 bridgehead atoms. The second kappa shape index (κ2) is 5.39. The third kappa shape index (κ3) is 1.87. The molecule has 5 aliphatic rings. The van der Waals surface area contributed by atoms with Gasteiger partial charge in [-0.15, -0.1) is 0 Å². The van der Waals surface area contributed by atoms with Crippen LogP contribution in [0.4, 0.5) is 8.78 Å². The zero-order valence-electron chi connectivity index (χ0n) is 16.2. The largest absolute Gasteiger partial charge is 0.493 e. The van der Waals surface area contributed by atoms with Crippen molar-refractivity contribution in [3.05, 3.63) is 23.3 Å². The Morgan fingerprint density at radius 3 is 2.79 bits per heavy atom. The van der Waals surface area contributed by atoms with Gasteiger partial charge in [-0.25, -0.2) is 8.78 Å². The number of hydrogen-bond acceptors (Lipinski definition) is 4. The van der Waals surface area contributed by atoms with Gasteiger partial charge in [0.2, 0.25) is 0 Å². The van der Waals surface area contributed by atoms with Gasteiger partial charge in [-0.1, -0.05) is 12.5 Å². The molecule has 2 aliphatic heterocycles. The Morgan fingerprint density at radius 2 is 2.07 bits per heavy atom. The third-order valence-corrected chi connectivity index (χ3v) is 8.47. The molecule has 6 heteroatoms. The molecule has 1 saturated heterocycles. The number of benzene rings is 1. The molecule has 1 aromatic carbocycles. The Kier molecular flexibility index (Phi) is 3.36. The average Bonchev–Trinajstić information content (AvgIpc) is 2.99. The van der Waals surface area contributed by atoms with E-state index in [1.807, 2.05) is 12.1 Å². The second-order valence-electron chi connectivity index (χ2n) is 9.55. The highest BCUT2D eigenvalue weighted by Crippen LogP contribution is 2.67. The summed E-state index contributed by atoms with van der Waals surface area (Å²) in [7, 11) is 1.54. The smallest absolute Gasteiger partial charge is 0.285 e. The molecule has 3 fully saturated rings. The Balaban J connectivity index is 1.53. The topological polar surface area (TPSA) is 41.9 Å². The summed E-state index contributed by atoms with van der Waals surface area (Å²) in [5.41, 5.74) is -0.360. The Hall–Kier alpha value is -1.40. The van der Waals surface area contributed by atoms with Crippen LogP contribution in [0.15, 0.2) is 12.1 Å². The first-order chi connectivity index (χ1) is 13.4. The number of alkyl halides is 2. The van der Waals surface area contributed by atoms with E-state index < -0.39 is 23.0 Å². The number of methoxy groups -OCH3 is 1. The average molecular weight is 391 g/mol. The Morgan fingerprint density at radius 1 is 1.25 bits per heavy atom. The summed E-state index contributed by atoms with van der Waals surface area (Å²) in [5, 5.41) is 12.1. The Labute approximate surface area is 163 Å². The SMILES string of the molecule is COc1ccc2c3c1O[C@H]1C(F)(F)CC[C@]4(O)[C@@H](C2)N(CC2CCC2)CC[C@]314. The normalized spacial score (nSPS) is 40.4. The first kappa shape index (κ1) is 17.5. The van der Waals surface area contributed by atoms with Gasteiger partial charge < -0.3 is 14.6 Å². The number of halogens is 2. The predicted molar refractivity (Wildman–Crippen MR) is 99.2 cm³/mol. The molecular formula is C22H27F2NO3. The third-order valence-electron chi connectivity index (χ3n) is 8.47. The number of rotatable bonds is 3. The van der Waals surface area contributed by atoms with Crippen LogP contribution in [0, 0.1) is 5.92 Å². The van der Waals surface area contributed by atoms with Crippen LogP contribution in [0.1, 0.15) is 49.7 Å². The van der Waals surface area contributed by atoms with Crippen molar-refractivity contribution in [3.63, 3.8) is 0 Å². The lowest BCUT2D eigenvalue weighted by atomic mass is 9.48. The number of nitrogens with zero attached hydrogens (tertiary/aromatic N) is 1. The molecule has 4 nitrogen and oxygen atoms in total. The van der Waals surface area contributed by atoms with Crippen molar-refractivity contribution in [2.24, 2.45) is 5.92 Å². The van der Waals surface area contributed by atoms with E-state index in [1.165, 1.54) is 19.3 Å². The fourth-order valence-corrected chi connectivity index (χ4v) is 6.94. The number of hydrogen-bond donors (Lipinski definition) is 1. The van der Waals surface area contributed by atoms with Crippen LogP contribution in [0.2, 0.25) is 0 Å². The molecule has 152 valence electrons. The molecule has 3 aliphatic carbocycles. The van der Waals surface area contributed by atoms with Crippen LogP contribution in [-0.4, -0.2) is 53.9 Å². The maximum Gasteiger partial charge on any atom is 0.285 e. The van der Waals surface area contributed by atoms with Crippen molar-refractivity contribution < 1.29 is 23.4 Å². The summed E-state index contributed by atoms with van der Waals surface area (Å²) in [6.07, 6.45) is 3.47. The van der Waals surface area contributed by atoms with Crippen molar-refractivity contribution in [3.8, 4) is 11.5 Å². The number of aliphatic hydroxyl groups is 1. The molecule has 0 unspecified atom stereocenters. The van der Waals surface area contributed by atoms with Gasteiger partial charge in [0.15, 0.2) is 17.6 Å². The van der Waals surface area contributed by atoms with Crippen LogP contribution in [-0.2, 0) is 11.8 Å². The van der Waals surface area contributed by atoms with Crippen LogP contribution in [0.25, 0.3) is 0 Å². The van der Waals surface area contributed by atoms with E-state index in [1.54, 1.807) is 7.11 Å². The molecular weight excluding hydrogens is 364 g/mol. The van der Waals surface area contributed by atoms with Gasteiger partial charge >= 0.3 is 0 Å². The molecule has 0 aromatic heterocycles. The molecule has 1 spiro atoms. The van der Waals surface area contributed by atoms with Gasteiger partial charge in [0.1, 0.15) is 0 Å². The van der Waals surface area contributed by atoms with Gasteiger partial charge in [0.25, 0.3) is 5.92 Å². The number of piperidine rings is 1. The molecule has 2 saturated carbocycles. The van der Waals surface area contributed by atoms with Crippen LogP contribution in [0.3, 0.4) is 0 Å². The van der Waals surface area contributed by atoms with E-state index in [4.69, 9.17) is 9.47 Å². The molecule has 4 atom stereocenters. The zero-order valence-corrected chi connectivity index (χ0v) is 16.2. The van der Waals surface area contributed by atoms with Crippen molar-refractivity contribution in [2.45, 2.75) is 74.0 Å². The molecule has 0 amide bonds. The summed E-state index contributed by atoms with van der Waals surface area (Å²) >= 11 is 0. The van der Waals surface area contributed by atoms with Crippen LogP contribution in [0.5, 0.6) is 11.5 Å². The summed E-state index contributed by atoms with van der Waals surface area (Å²) in [6.45, 7) is 1.72. The quantitative estimate of drug-likeness (QED) is 0.859. The lowest BCUT2D eigenvalue weighted by Crippen LogP contribution is -2.78. The van der Waals surface area contributed by atoms with Crippen molar-refractivity contribution >= 4 is 0 Å². The van der Waals surface area contributed by atoms with E-state index in [2.05, 4.69) is 4.90 Å². The Bertz CT molecular complexity index is 841. The van der Waals surface area contributed by atoms with Crippen LogP contribution >= 0.6 is 0 Å². The first-order valence-corrected chi connectivity index (χ1v) is 10.6. The van der Waals surface area contributed by atoms with Gasteiger partial charge in [0, 0.05) is 24.6 Å². The lowest BCUT2D eigenvalue weighted by Gasteiger charge is -2.64. The fourth-order valence-electron chi connectivity index (χ4n) is 6.94. The van der Waals surface area contributed by atoms with Gasteiger partial charge in [-0.05, 0) is 56.2 Å². The highest BCUT2D eigenvalue weighted by molar-refractivity contribution is 5.63. The second-order valence-corrected chi connectivity index (χ2v) is 9.55. The summed E-state index contributed by atoms with van der Waals surface area (Å²) in [5.74, 6) is -1.33. The van der Waals surface area contributed by atoms with Crippen molar-refractivity contribution in [2.75, 3.05) is 20.2 Å². The van der Waals surface area contributed by atoms with Crippen LogP contribution < -0.4 is 9.47 Å². The zero-order chi connectivity index (χ0) is 19.3. The first-order valence-electron chi connectivity index (χ1n) is 10.6. The fraction of sp³-hybridized carbons (Fsp3) is 0.727. The van der Waals surface area contributed by atoms with E-state index in [0.717, 1.165) is 24.2 Å². The highest BCUT2D eigenvalue weighted by Gasteiger charge is 2.77. The number of ether oxygens (including phenoxy) is 2. The van der Waals surface area contributed by atoms with E-state index in [-0.39, 0.29) is 18.9 Å². The molecule has 6 rings (SSSR count). The minimum absolute atomic E-state index is 0.115. The maximum absolute atomic E-state index is 15.1. The maximum atomic E-state index is 15.1. The van der Waals surface area contributed by atoms with E-state index >= 15 is 8.78 Å². The van der Waals surface area contributed by atoms with Crippen molar-refractivity contribution in [1.82, 2.24) is 4.90 Å². The van der Waals surface area contributed by atoms with Gasteiger partial charge in [-0.2, -0.15) is 0 Å². The predicted octanol–water partition coefficient (Wildman–Crippen LogP) is 3.28. The highest BCUT2D eigenvalue weighted by atomic mass is 19.3. The molecule has 28 heavy (non-hydrogen) atoms. The lowest BCUT2D eigenvalue weighted by molar-refractivity contribution is -0.249. The molecule has 2 heterocycles. The standard InChI is InChI=1S/C22H27F2NO3/c1-27-15-6-5-14-11-16-21(26)7-8-22(23,24)19-20(21,17(14)18(15)28-19)9-10-25(16)12-13-3-2-4-13/h5-6,13,16,19,26H,2-4,7-12H2,1H3/t16-,19-,20+,21+/m1/s1. The summed E-state index contributed by atoms with van der Waals surface area (Å²) in [6, 6.07) is 3.71. The minimum Gasteiger partial charge on any atom is -0.493 e. The number of likely N-dealkylation sites (tertiary alicyclic amines) is 1. The summed E-state index contributed by atoms with van der Waals surface area (Å²) in [4.78, 5) is 2.40. The van der Waals surface area contributed by atoms with Crippen molar-refractivity contribution in [1.29, 1.82) is 0 Å². The van der Waals surface area contributed by atoms with E-state index in [9.17, 15) is 5.11 Å².